The molecule has 0 aromatic heterocycles. The Kier molecular flexibility index (Phi) is 81.8. The Morgan fingerprint density at radius 3 is 0.674 bits per heavy atom. The highest BCUT2D eigenvalue weighted by atomic mass is 32.2. The number of carbonyl (C=O) groups is 2. The van der Waals surface area contributed by atoms with Gasteiger partial charge < -0.3 is 134 Å². The molecule has 3 N–H and O–H groups in total. The van der Waals surface area contributed by atoms with E-state index in [1.54, 1.807) is 11.8 Å². The van der Waals surface area contributed by atoms with E-state index in [9.17, 15) is 14.2 Å². The Hall–Kier alpha value is -1.52. The molecule has 95 heavy (non-hydrogen) atoms. The highest BCUT2D eigenvalue weighted by molar-refractivity contribution is 7.98. The van der Waals surface area contributed by atoms with Gasteiger partial charge in [-0.15, -0.1) is 0 Å². The number of rotatable bonds is 86. The van der Waals surface area contributed by atoms with Crippen molar-refractivity contribution in [3.63, 3.8) is 0 Å². The van der Waals surface area contributed by atoms with E-state index in [2.05, 4.69) is 10.6 Å². The number of hydrogen-bond donors (Lipinski definition) is 3. The van der Waals surface area contributed by atoms with Crippen LogP contribution in [-0.4, -0.2) is 372 Å². The largest absolute Gasteiger partial charge is 0.379 e. The average Bonchev–Trinajstić information content (AvgIpc) is 3.65. The van der Waals surface area contributed by atoms with E-state index in [-0.39, 0.29) is 18.4 Å². The molecule has 33 heteroatoms. The summed E-state index contributed by atoms with van der Waals surface area (Å²) in [6.07, 6.45) is 6.14. The lowest BCUT2D eigenvalue weighted by Gasteiger charge is -2.09. The van der Waals surface area contributed by atoms with Gasteiger partial charge in [-0.2, -0.15) is 11.8 Å². The zero-order chi connectivity index (χ0) is 68.5. The van der Waals surface area contributed by atoms with Crippen molar-refractivity contribution in [1.82, 2.24) is 10.6 Å². The first-order chi connectivity index (χ1) is 46.8. The topological polar surface area (TPSA) is 326 Å². The second-order valence-electron chi connectivity index (χ2n) is 19.9. The predicted octanol–water partition coefficient (Wildman–Crippen LogP) is 2.15. The highest BCUT2D eigenvalue weighted by Gasteiger charge is 2.09. The van der Waals surface area contributed by atoms with Crippen molar-refractivity contribution in [2.75, 3.05) is 356 Å². The van der Waals surface area contributed by atoms with Crippen LogP contribution in [0.1, 0.15) is 38.5 Å². The van der Waals surface area contributed by atoms with E-state index in [0.717, 1.165) is 25.0 Å². The summed E-state index contributed by atoms with van der Waals surface area (Å²) < 4.78 is 148. The van der Waals surface area contributed by atoms with E-state index < -0.39 is 7.60 Å². The minimum atomic E-state index is -3.40. The number of hydrogen-bond acceptors (Lipinski definition) is 29. The SMILES string of the molecule is CSCCC(=O)NCCOCCOCCOCCOCCOCCOCCOCCOCCOCCOCCOCCOCCOCCOCCOCCOCCOCCOCCOCCOCCOCCOCCOCCOCCC(=O)NCCCCCCOP(C)(=O)O. The molecular formula is C62H125N2O29PS. The first kappa shape index (κ1) is 93.5. The van der Waals surface area contributed by atoms with Crippen LogP contribution in [0.25, 0.3) is 0 Å². The second-order valence-corrected chi connectivity index (χ2v) is 22.8. The smallest absolute Gasteiger partial charge is 0.325 e. The quantitative estimate of drug-likeness (QED) is 0.0580. The van der Waals surface area contributed by atoms with Gasteiger partial charge in [-0.1, -0.05) is 12.8 Å². The minimum Gasteiger partial charge on any atom is -0.379 e. The molecule has 568 valence electrons. The number of nitrogens with one attached hydrogen (secondary N) is 2. The molecule has 31 nitrogen and oxygen atoms in total. The molecule has 0 bridgehead atoms. The molecule has 2 amide bonds. The number of unbranched alkanes of at least 4 members (excludes halogenated alkanes) is 3. The number of thioether (sulfide) groups is 1. The van der Waals surface area contributed by atoms with Gasteiger partial charge in [0.1, 0.15) is 0 Å². The van der Waals surface area contributed by atoms with Crippen LogP contribution in [0.3, 0.4) is 0 Å². The van der Waals surface area contributed by atoms with Gasteiger partial charge in [-0.3, -0.25) is 14.2 Å². The van der Waals surface area contributed by atoms with Crippen LogP contribution in [-0.2, 0) is 132 Å². The molecule has 0 saturated heterocycles. The van der Waals surface area contributed by atoms with E-state index in [1.165, 1.54) is 6.66 Å². The number of carbonyl (C=O) groups excluding carboxylic acids is 2. The van der Waals surface area contributed by atoms with Crippen LogP contribution in [0.2, 0.25) is 0 Å². The zero-order valence-corrected chi connectivity index (χ0v) is 59.5. The van der Waals surface area contributed by atoms with Crippen LogP contribution in [0.5, 0.6) is 0 Å². The summed E-state index contributed by atoms with van der Waals surface area (Å²) >= 11 is 1.65. The van der Waals surface area contributed by atoms with E-state index in [1.807, 2.05) is 6.26 Å². The third kappa shape index (κ3) is 88.5. The molecule has 0 aromatic rings. The Labute approximate surface area is 571 Å². The highest BCUT2D eigenvalue weighted by Crippen LogP contribution is 2.36. The molecule has 0 aliphatic carbocycles. The summed E-state index contributed by atoms with van der Waals surface area (Å²) in [5.41, 5.74) is 0. The van der Waals surface area contributed by atoms with Crippen LogP contribution < -0.4 is 10.6 Å². The van der Waals surface area contributed by atoms with E-state index in [0.29, 0.717) is 349 Å². The predicted molar refractivity (Wildman–Crippen MR) is 353 cm³/mol. The molecule has 0 aromatic carbocycles. The lowest BCUT2D eigenvalue weighted by Crippen LogP contribution is -2.27. The van der Waals surface area contributed by atoms with Gasteiger partial charge in [-0.25, -0.2) is 0 Å². The van der Waals surface area contributed by atoms with Crippen molar-refractivity contribution < 1.29 is 137 Å². The van der Waals surface area contributed by atoms with Gasteiger partial charge >= 0.3 is 7.60 Å². The van der Waals surface area contributed by atoms with Gasteiger partial charge in [0.15, 0.2) is 0 Å². The summed E-state index contributed by atoms with van der Waals surface area (Å²) in [7, 11) is -3.40. The van der Waals surface area contributed by atoms with Gasteiger partial charge in [0.25, 0.3) is 0 Å². The maximum Gasteiger partial charge on any atom is 0.325 e. The summed E-state index contributed by atoms with van der Waals surface area (Å²) in [5, 5.41) is 5.68. The standard InChI is InChI=1S/C62H125N2O29PS/c1-94(67,68)93-11-6-4-3-5-9-63-61(65)7-12-69-14-16-71-18-20-73-22-24-75-26-28-77-30-32-79-34-36-81-38-40-83-42-44-85-46-48-87-50-52-89-54-56-91-58-59-92-57-55-90-53-51-88-49-47-86-45-43-84-41-39-82-37-35-80-33-31-78-29-27-76-25-23-74-21-19-72-17-15-70-13-10-64-62(66)8-60-95-2/h3-60H2,1-2H3,(H,63,65)(H,64,66)(H,67,68). The molecule has 0 fully saturated rings. The Balaban J connectivity index is 3.12. The van der Waals surface area contributed by atoms with Crippen molar-refractivity contribution in [3.8, 4) is 0 Å². The molecule has 0 rings (SSSR count). The van der Waals surface area contributed by atoms with Gasteiger partial charge in [0.2, 0.25) is 11.8 Å². The zero-order valence-electron chi connectivity index (χ0n) is 57.7. The summed E-state index contributed by atoms with van der Waals surface area (Å²) in [6, 6.07) is 0. The fourth-order valence-corrected chi connectivity index (χ4v) is 7.86. The van der Waals surface area contributed by atoms with Crippen molar-refractivity contribution in [3.05, 3.63) is 0 Å². The van der Waals surface area contributed by atoms with Crippen molar-refractivity contribution in [2.24, 2.45) is 0 Å². The van der Waals surface area contributed by atoms with Crippen LogP contribution in [0, 0.1) is 0 Å². The Bertz CT molecular complexity index is 1550. The monoisotopic (exact) mass is 1420 g/mol. The average molecular weight is 1430 g/mol. The second kappa shape index (κ2) is 83.1. The maximum atomic E-state index is 11.9. The molecule has 0 spiro atoms. The van der Waals surface area contributed by atoms with E-state index >= 15 is 0 Å². The number of amides is 2. The fourth-order valence-electron chi connectivity index (χ4n) is 7.00. The molecular weight excluding hydrogens is 1300 g/mol. The van der Waals surface area contributed by atoms with Crippen LogP contribution >= 0.6 is 19.4 Å². The summed E-state index contributed by atoms with van der Waals surface area (Å²) in [5.74, 6) is 0.819. The van der Waals surface area contributed by atoms with Gasteiger partial charge in [0, 0.05) is 38.3 Å². The summed E-state index contributed by atoms with van der Waals surface area (Å²) in [4.78, 5) is 32.4. The molecule has 0 radical (unpaired) electrons. The normalized spacial score (nSPS) is 12.3. The van der Waals surface area contributed by atoms with E-state index in [4.69, 9.17) is 123 Å². The van der Waals surface area contributed by atoms with Crippen molar-refractivity contribution in [2.45, 2.75) is 38.5 Å². The number of ether oxygens (including phenoxy) is 24. The maximum absolute atomic E-state index is 11.9. The third-order valence-corrected chi connectivity index (χ3v) is 13.1. The van der Waals surface area contributed by atoms with Crippen molar-refractivity contribution in [1.29, 1.82) is 0 Å². The Morgan fingerprint density at radius 2 is 0.453 bits per heavy atom. The summed E-state index contributed by atoms with van der Waals surface area (Å²) in [6.45, 7) is 25.0. The minimum absolute atomic E-state index is 0.0507. The lowest BCUT2D eigenvalue weighted by molar-refractivity contribution is -0.122. The van der Waals surface area contributed by atoms with Crippen molar-refractivity contribution >= 4 is 31.2 Å². The van der Waals surface area contributed by atoms with Crippen LogP contribution in [0.15, 0.2) is 0 Å². The Morgan fingerprint density at radius 1 is 0.263 bits per heavy atom. The van der Waals surface area contributed by atoms with Crippen LogP contribution in [0.4, 0.5) is 0 Å². The fraction of sp³-hybridized carbons (Fsp3) is 0.968. The molecule has 1 atom stereocenters. The molecule has 0 aliphatic heterocycles. The molecule has 0 aliphatic rings. The first-order valence-electron chi connectivity index (χ1n) is 33.7. The lowest BCUT2D eigenvalue weighted by atomic mass is 10.2. The van der Waals surface area contributed by atoms with Gasteiger partial charge in [-0.05, 0) is 19.1 Å². The third-order valence-electron chi connectivity index (χ3n) is 11.9. The molecule has 1 unspecified atom stereocenters. The first-order valence-corrected chi connectivity index (χ1v) is 37.1. The molecule has 0 saturated carbocycles. The van der Waals surface area contributed by atoms with Gasteiger partial charge in [0.05, 0.1) is 324 Å². The molecule has 0 heterocycles.